The third-order valence-electron chi connectivity index (χ3n) is 5.53. The fourth-order valence-electron chi connectivity index (χ4n) is 3.70. The molecule has 3 aromatic rings. The Morgan fingerprint density at radius 1 is 0.971 bits per heavy atom. The number of hydrogen-bond acceptors (Lipinski definition) is 5. The molecule has 8 nitrogen and oxygen atoms in total. The van der Waals surface area contributed by atoms with Crippen LogP contribution in [0.4, 0.5) is 10.5 Å². The van der Waals surface area contributed by atoms with Crippen molar-refractivity contribution >= 4 is 35.6 Å². The Morgan fingerprint density at radius 2 is 1.66 bits per heavy atom. The van der Waals surface area contributed by atoms with Crippen molar-refractivity contribution in [3.8, 4) is 5.75 Å². The van der Waals surface area contributed by atoms with Gasteiger partial charge in [0, 0.05) is 5.56 Å². The summed E-state index contributed by atoms with van der Waals surface area (Å²) in [6, 6.07) is 19.4. The number of aryl methyl sites for hydroxylation is 1. The summed E-state index contributed by atoms with van der Waals surface area (Å²) in [5.74, 6) is -2.11. The number of hydrogen-bond donors (Lipinski definition) is 2. The van der Waals surface area contributed by atoms with Crippen LogP contribution in [0.5, 0.6) is 5.75 Å². The van der Waals surface area contributed by atoms with Crippen LogP contribution in [0.15, 0.2) is 78.4 Å². The van der Waals surface area contributed by atoms with Crippen LogP contribution < -0.4 is 15.0 Å². The first kappa shape index (κ1) is 23.4. The van der Waals surface area contributed by atoms with Crippen molar-refractivity contribution in [3.05, 3.63) is 101 Å². The van der Waals surface area contributed by atoms with Crippen molar-refractivity contribution < 1.29 is 29.0 Å². The topological polar surface area (TPSA) is 113 Å². The number of rotatable bonds is 7. The maximum atomic E-state index is 13.3. The Kier molecular flexibility index (Phi) is 6.73. The molecule has 35 heavy (non-hydrogen) atoms. The van der Waals surface area contributed by atoms with E-state index in [4.69, 9.17) is 9.84 Å². The average molecular weight is 470 g/mol. The van der Waals surface area contributed by atoms with Crippen LogP contribution in [0.3, 0.4) is 0 Å². The lowest BCUT2D eigenvalue weighted by Crippen LogP contribution is -2.54. The maximum absolute atomic E-state index is 13.3. The number of carboxylic acid groups (broad SMARTS) is 1. The Bertz CT molecular complexity index is 1340. The number of ether oxygens (including phenoxy) is 1. The normalized spacial score (nSPS) is 14.7. The van der Waals surface area contributed by atoms with Crippen LogP contribution in [-0.2, 0) is 22.6 Å². The van der Waals surface area contributed by atoms with Crippen molar-refractivity contribution in [2.45, 2.75) is 20.0 Å². The minimum atomic E-state index is -1.01. The second-order valence-electron chi connectivity index (χ2n) is 7.77. The van der Waals surface area contributed by atoms with E-state index in [-0.39, 0.29) is 17.7 Å². The highest BCUT2D eigenvalue weighted by atomic mass is 16.5. The van der Waals surface area contributed by atoms with E-state index < -0.39 is 23.8 Å². The number of aromatic carboxylic acids is 1. The molecule has 1 fully saturated rings. The van der Waals surface area contributed by atoms with Crippen LogP contribution in [0.25, 0.3) is 6.08 Å². The standard InChI is InChI=1S/C27H22N2O6/c1-2-18-7-3-5-9-22(18)29-25(31)21(24(30)28-27(29)34)15-20-8-4-6-10-23(20)35-16-17-11-13-19(14-12-17)26(32)33/h3-15H,2,16H2,1H3,(H,32,33)(H,28,30,34)/b21-15+. The Labute approximate surface area is 201 Å². The quantitative estimate of drug-likeness (QED) is 0.395. The predicted octanol–water partition coefficient (Wildman–Crippen LogP) is 4.19. The summed E-state index contributed by atoms with van der Waals surface area (Å²) in [4.78, 5) is 50.4. The molecule has 8 heteroatoms. The van der Waals surface area contributed by atoms with Gasteiger partial charge >= 0.3 is 12.0 Å². The van der Waals surface area contributed by atoms with E-state index in [2.05, 4.69) is 5.32 Å². The lowest BCUT2D eigenvalue weighted by Gasteiger charge is -2.28. The molecule has 1 aliphatic rings. The van der Waals surface area contributed by atoms with Gasteiger partial charge in [-0.15, -0.1) is 0 Å². The first-order valence-corrected chi connectivity index (χ1v) is 10.9. The molecule has 2 N–H and O–H groups in total. The van der Waals surface area contributed by atoms with Gasteiger partial charge in [0.05, 0.1) is 11.3 Å². The second-order valence-corrected chi connectivity index (χ2v) is 7.77. The highest BCUT2D eigenvalue weighted by molar-refractivity contribution is 6.39. The molecule has 0 aliphatic carbocycles. The average Bonchev–Trinajstić information content (AvgIpc) is 2.86. The van der Waals surface area contributed by atoms with Gasteiger partial charge in [0.15, 0.2) is 0 Å². The van der Waals surface area contributed by atoms with Gasteiger partial charge in [-0.2, -0.15) is 0 Å². The van der Waals surface area contributed by atoms with Crippen LogP contribution in [0.2, 0.25) is 0 Å². The molecular formula is C27H22N2O6. The van der Waals surface area contributed by atoms with Gasteiger partial charge in [0.1, 0.15) is 17.9 Å². The van der Waals surface area contributed by atoms with Crippen molar-refractivity contribution in [1.29, 1.82) is 0 Å². The van der Waals surface area contributed by atoms with Crippen molar-refractivity contribution in [3.63, 3.8) is 0 Å². The molecule has 1 heterocycles. The molecule has 4 amide bonds. The van der Waals surface area contributed by atoms with Gasteiger partial charge in [-0.05, 0) is 47.9 Å². The molecule has 0 spiro atoms. The molecule has 3 aromatic carbocycles. The Hall–Kier alpha value is -4.72. The number of barbiturate groups is 1. The molecule has 4 rings (SSSR count). The number of carbonyl (C=O) groups excluding carboxylic acids is 3. The van der Waals surface area contributed by atoms with Gasteiger partial charge < -0.3 is 9.84 Å². The highest BCUT2D eigenvalue weighted by Gasteiger charge is 2.37. The van der Waals surface area contributed by atoms with Gasteiger partial charge in [0.25, 0.3) is 11.8 Å². The number of carboxylic acids is 1. The fraction of sp³-hybridized carbons (Fsp3) is 0.111. The number of carbonyl (C=O) groups is 4. The molecule has 0 aromatic heterocycles. The summed E-state index contributed by atoms with van der Waals surface area (Å²) in [7, 11) is 0. The van der Waals surface area contributed by atoms with Crippen LogP contribution in [0, 0.1) is 0 Å². The number of nitrogens with one attached hydrogen (secondary N) is 1. The molecule has 0 saturated carbocycles. The van der Waals surface area contributed by atoms with E-state index in [9.17, 15) is 19.2 Å². The number of anilines is 1. The number of para-hydroxylation sites is 2. The lowest BCUT2D eigenvalue weighted by molar-refractivity contribution is -0.122. The molecule has 0 bridgehead atoms. The number of benzene rings is 3. The van der Waals surface area contributed by atoms with Crippen LogP contribution in [-0.4, -0.2) is 28.9 Å². The van der Waals surface area contributed by atoms with E-state index >= 15 is 0 Å². The van der Waals surface area contributed by atoms with Crippen molar-refractivity contribution in [2.75, 3.05) is 4.90 Å². The molecule has 0 unspecified atom stereocenters. The fourth-order valence-corrected chi connectivity index (χ4v) is 3.70. The summed E-state index contributed by atoms with van der Waals surface area (Å²) < 4.78 is 5.89. The third kappa shape index (κ3) is 4.96. The van der Waals surface area contributed by atoms with Gasteiger partial charge in [-0.1, -0.05) is 55.5 Å². The monoisotopic (exact) mass is 470 g/mol. The first-order chi connectivity index (χ1) is 16.9. The molecule has 0 atom stereocenters. The molecule has 1 saturated heterocycles. The zero-order valence-corrected chi connectivity index (χ0v) is 18.9. The zero-order valence-electron chi connectivity index (χ0n) is 18.9. The van der Waals surface area contributed by atoms with Gasteiger partial charge in [-0.25, -0.2) is 14.5 Å². The highest BCUT2D eigenvalue weighted by Crippen LogP contribution is 2.28. The largest absolute Gasteiger partial charge is 0.488 e. The smallest absolute Gasteiger partial charge is 0.335 e. The summed E-state index contributed by atoms with van der Waals surface area (Å²) in [5, 5.41) is 11.3. The number of imide groups is 2. The minimum absolute atomic E-state index is 0.148. The number of amides is 4. The van der Waals surface area contributed by atoms with Gasteiger partial charge in [-0.3, -0.25) is 14.9 Å². The van der Waals surface area contributed by atoms with Gasteiger partial charge in [0.2, 0.25) is 0 Å². The SMILES string of the molecule is CCc1ccccc1N1C(=O)NC(=O)/C(=C\c2ccccc2OCc2ccc(C(=O)O)cc2)C1=O. The second kappa shape index (κ2) is 10.0. The van der Waals surface area contributed by atoms with E-state index in [1.165, 1.54) is 18.2 Å². The summed E-state index contributed by atoms with van der Waals surface area (Å²) in [6.45, 7) is 2.06. The van der Waals surface area contributed by atoms with E-state index in [0.717, 1.165) is 16.0 Å². The summed E-state index contributed by atoms with van der Waals surface area (Å²) in [5.41, 5.74) is 2.41. The Balaban J connectivity index is 1.62. The molecule has 176 valence electrons. The van der Waals surface area contributed by atoms with Crippen LogP contribution in [0.1, 0.15) is 34.0 Å². The van der Waals surface area contributed by atoms with E-state index in [0.29, 0.717) is 23.4 Å². The molecule has 1 aliphatic heterocycles. The van der Waals surface area contributed by atoms with E-state index in [1.807, 2.05) is 19.1 Å². The first-order valence-electron chi connectivity index (χ1n) is 10.9. The third-order valence-corrected chi connectivity index (χ3v) is 5.53. The zero-order chi connectivity index (χ0) is 24.9. The number of nitrogens with zero attached hydrogens (tertiary/aromatic N) is 1. The van der Waals surface area contributed by atoms with E-state index in [1.54, 1.807) is 48.5 Å². The van der Waals surface area contributed by atoms with Crippen molar-refractivity contribution in [2.24, 2.45) is 0 Å². The summed E-state index contributed by atoms with van der Waals surface area (Å²) in [6.07, 6.45) is 2.00. The number of urea groups is 1. The maximum Gasteiger partial charge on any atom is 0.335 e. The van der Waals surface area contributed by atoms with Crippen molar-refractivity contribution in [1.82, 2.24) is 5.32 Å². The molecular weight excluding hydrogens is 448 g/mol. The lowest BCUT2D eigenvalue weighted by atomic mass is 10.0. The minimum Gasteiger partial charge on any atom is -0.488 e. The predicted molar refractivity (Wildman–Crippen MR) is 129 cm³/mol. The summed E-state index contributed by atoms with van der Waals surface area (Å²) >= 11 is 0. The Morgan fingerprint density at radius 3 is 2.37 bits per heavy atom. The van der Waals surface area contributed by atoms with Crippen LogP contribution >= 0.6 is 0 Å². The molecule has 0 radical (unpaired) electrons.